The Bertz CT molecular complexity index is 900. The van der Waals surface area contributed by atoms with E-state index >= 15 is 0 Å². The molecule has 1 unspecified atom stereocenters. The van der Waals surface area contributed by atoms with E-state index in [0.29, 0.717) is 12.3 Å². The molecule has 4 N–H and O–H groups in total. The summed E-state index contributed by atoms with van der Waals surface area (Å²) >= 11 is 1.55. The van der Waals surface area contributed by atoms with E-state index in [1.807, 2.05) is 29.8 Å². The number of nitrogens with two attached hydrogens (primary N) is 1. The Hall–Kier alpha value is -2.51. The number of nitrogens with zero attached hydrogens (tertiary/aromatic N) is 2. The van der Waals surface area contributed by atoms with E-state index in [1.165, 1.54) is 0 Å². The number of aromatic amines is 1. The Balaban J connectivity index is 1.50. The lowest BCUT2D eigenvalue weighted by Crippen LogP contribution is -2.37. The van der Waals surface area contributed by atoms with Crippen molar-refractivity contribution in [3.63, 3.8) is 0 Å². The van der Waals surface area contributed by atoms with Crippen LogP contribution < -0.4 is 11.1 Å². The molecule has 2 aromatic heterocycles. The largest absolute Gasteiger partial charge is 0.346 e. The quantitative estimate of drug-likeness (QED) is 0.554. The van der Waals surface area contributed by atoms with Crippen molar-refractivity contribution in [2.24, 2.45) is 17.6 Å². The molecular formula is C22H27N5OS. The van der Waals surface area contributed by atoms with Gasteiger partial charge >= 0.3 is 0 Å². The Morgan fingerprint density at radius 1 is 1.24 bits per heavy atom. The summed E-state index contributed by atoms with van der Waals surface area (Å²) in [6, 6.07) is 10.00. The summed E-state index contributed by atoms with van der Waals surface area (Å²) in [5.41, 5.74) is 7.77. The third-order valence-electron chi connectivity index (χ3n) is 5.73. The molecular weight excluding hydrogens is 382 g/mol. The van der Waals surface area contributed by atoms with Gasteiger partial charge in [-0.2, -0.15) is 0 Å². The van der Waals surface area contributed by atoms with E-state index in [4.69, 9.17) is 10.7 Å². The second-order valence-electron chi connectivity index (χ2n) is 7.71. The van der Waals surface area contributed by atoms with Gasteiger partial charge in [-0.15, -0.1) is 11.3 Å². The summed E-state index contributed by atoms with van der Waals surface area (Å²) in [6.07, 6.45) is 8.22. The minimum atomic E-state index is -0.203. The molecule has 4 rings (SSSR count). The molecule has 3 aromatic rings. The van der Waals surface area contributed by atoms with Crippen molar-refractivity contribution >= 4 is 17.2 Å². The first-order valence-corrected chi connectivity index (χ1v) is 11.1. The number of rotatable bonds is 7. The average Bonchev–Trinajstić information content (AvgIpc) is 3.46. The Morgan fingerprint density at radius 2 is 2.03 bits per heavy atom. The van der Waals surface area contributed by atoms with Crippen LogP contribution in [0.1, 0.15) is 43.1 Å². The van der Waals surface area contributed by atoms with Gasteiger partial charge in [0.2, 0.25) is 5.91 Å². The van der Waals surface area contributed by atoms with Gasteiger partial charge in [0.25, 0.3) is 0 Å². The predicted octanol–water partition coefficient (Wildman–Crippen LogP) is 3.70. The molecule has 1 amide bonds. The van der Waals surface area contributed by atoms with Gasteiger partial charge in [0.1, 0.15) is 16.5 Å². The minimum Gasteiger partial charge on any atom is -0.346 e. The van der Waals surface area contributed by atoms with Gasteiger partial charge in [0.05, 0.1) is 6.04 Å². The number of benzene rings is 1. The van der Waals surface area contributed by atoms with Crippen LogP contribution in [0.5, 0.6) is 0 Å². The first-order chi connectivity index (χ1) is 14.2. The van der Waals surface area contributed by atoms with Crippen molar-refractivity contribution in [1.82, 2.24) is 20.3 Å². The first kappa shape index (κ1) is 19.8. The highest BCUT2D eigenvalue weighted by molar-refractivity contribution is 7.13. The molecule has 6 nitrogen and oxygen atoms in total. The summed E-state index contributed by atoms with van der Waals surface area (Å²) in [5.74, 6) is 1.51. The molecule has 0 aliphatic heterocycles. The van der Waals surface area contributed by atoms with Crippen LogP contribution in [0.3, 0.4) is 0 Å². The predicted molar refractivity (Wildman–Crippen MR) is 115 cm³/mol. The highest BCUT2D eigenvalue weighted by atomic mass is 32.1. The van der Waals surface area contributed by atoms with Crippen molar-refractivity contribution in [2.45, 2.75) is 38.1 Å². The third-order valence-corrected chi connectivity index (χ3v) is 6.52. The van der Waals surface area contributed by atoms with Crippen molar-refractivity contribution in [3.8, 4) is 10.7 Å². The smallest absolute Gasteiger partial charge is 0.223 e. The van der Waals surface area contributed by atoms with E-state index in [2.05, 4.69) is 27.4 Å². The Labute approximate surface area is 175 Å². The van der Waals surface area contributed by atoms with Crippen molar-refractivity contribution in [1.29, 1.82) is 0 Å². The average molecular weight is 410 g/mol. The molecule has 2 heterocycles. The molecule has 0 spiro atoms. The zero-order valence-corrected chi connectivity index (χ0v) is 17.2. The van der Waals surface area contributed by atoms with Crippen molar-refractivity contribution in [3.05, 3.63) is 59.5 Å². The number of H-pyrrole nitrogens is 1. The van der Waals surface area contributed by atoms with Crippen molar-refractivity contribution in [2.75, 3.05) is 6.54 Å². The standard InChI is InChI=1S/C22H27N5OS/c23-13-16-6-8-17(9-7-16)21(28)27-18(12-15-4-2-1-3-5-15)20-25-14-19(26-20)22-24-10-11-29-22/h1-5,10-11,14,16-18H,6-9,12-13,23H2,(H,25,26)(H,27,28)/t16-,17-,18?. The highest BCUT2D eigenvalue weighted by Gasteiger charge is 2.28. The fraction of sp³-hybridized carbons (Fsp3) is 0.409. The van der Waals surface area contributed by atoms with Crippen LogP contribution in [0.25, 0.3) is 10.7 Å². The fourth-order valence-electron chi connectivity index (χ4n) is 3.99. The number of nitrogens with one attached hydrogen (secondary N) is 2. The van der Waals surface area contributed by atoms with Gasteiger partial charge in [-0.05, 0) is 50.1 Å². The number of thiazole rings is 1. The van der Waals surface area contributed by atoms with E-state index in [-0.39, 0.29) is 17.9 Å². The second kappa shape index (κ2) is 9.33. The van der Waals surface area contributed by atoms with Gasteiger partial charge in [-0.1, -0.05) is 30.3 Å². The molecule has 0 bridgehead atoms. The van der Waals surface area contributed by atoms with Crippen LogP contribution in [0, 0.1) is 11.8 Å². The summed E-state index contributed by atoms with van der Waals surface area (Å²) in [7, 11) is 0. The molecule has 152 valence electrons. The lowest BCUT2D eigenvalue weighted by molar-refractivity contribution is -0.127. The third kappa shape index (κ3) is 4.92. The molecule has 1 aliphatic carbocycles. The van der Waals surface area contributed by atoms with Gasteiger partial charge in [0, 0.05) is 23.7 Å². The number of amides is 1. The molecule has 1 aliphatic rings. The van der Waals surface area contributed by atoms with Gasteiger partial charge < -0.3 is 16.0 Å². The van der Waals surface area contributed by atoms with E-state index in [1.54, 1.807) is 17.5 Å². The molecule has 0 radical (unpaired) electrons. The van der Waals surface area contributed by atoms with Gasteiger partial charge in [0.15, 0.2) is 0 Å². The van der Waals surface area contributed by atoms with Crippen molar-refractivity contribution < 1.29 is 4.79 Å². The lowest BCUT2D eigenvalue weighted by Gasteiger charge is -2.28. The normalized spacial score (nSPS) is 20.3. The maximum absolute atomic E-state index is 13.0. The lowest BCUT2D eigenvalue weighted by atomic mass is 9.81. The van der Waals surface area contributed by atoms with Gasteiger partial charge in [-0.3, -0.25) is 4.79 Å². The maximum atomic E-state index is 13.0. The summed E-state index contributed by atoms with van der Waals surface area (Å²) in [5, 5.41) is 6.07. The molecule has 1 aromatic carbocycles. The summed E-state index contributed by atoms with van der Waals surface area (Å²) in [4.78, 5) is 25.3. The molecule has 0 saturated heterocycles. The van der Waals surface area contributed by atoms with Crippen LogP contribution in [0.2, 0.25) is 0 Å². The Kier molecular flexibility index (Phi) is 6.36. The van der Waals surface area contributed by atoms with E-state index in [0.717, 1.165) is 54.3 Å². The van der Waals surface area contributed by atoms with Gasteiger partial charge in [-0.25, -0.2) is 9.97 Å². The summed E-state index contributed by atoms with van der Waals surface area (Å²) in [6.45, 7) is 0.719. The summed E-state index contributed by atoms with van der Waals surface area (Å²) < 4.78 is 0. The topological polar surface area (TPSA) is 96.7 Å². The minimum absolute atomic E-state index is 0.0597. The molecule has 1 atom stereocenters. The number of imidazole rings is 1. The molecule has 1 fully saturated rings. The van der Waals surface area contributed by atoms with E-state index in [9.17, 15) is 4.79 Å². The zero-order chi connectivity index (χ0) is 20.1. The monoisotopic (exact) mass is 409 g/mol. The number of carbonyl (C=O) groups excluding carboxylic acids is 1. The van der Waals surface area contributed by atoms with Crippen LogP contribution in [-0.4, -0.2) is 27.4 Å². The van der Waals surface area contributed by atoms with Crippen LogP contribution in [-0.2, 0) is 11.2 Å². The van der Waals surface area contributed by atoms with Crippen LogP contribution >= 0.6 is 11.3 Å². The van der Waals surface area contributed by atoms with Crippen LogP contribution in [0.15, 0.2) is 48.1 Å². The highest BCUT2D eigenvalue weighted by Crippen LogP contribution is 2.29. The number of aromatic nitrogens is 3. The second-order valence-corrected chi connectivity index (χ2v) is 8.61. The number of hydrogen-bond acceptors (Lipinski definition) is 5. The molecule has 29 heavy (non-hydrogen) atoms. The number of carbonyl (C=O) groups is 1. The molecule has 1 saturated carbocycles. The zero-order valence-electron chi connectivity index (χ0n) is 16.4. The van der Waals surface area contributed by atoms with E-state index < -0.39 is 0 Å². The fourth-order valence-corrected chi connectivity index (χ4v) is 4.59. The molecule has 7 heteroatoms. The van der Waals surface area contributed by atoms with Crippen LogP contribution in [0.4, 0.5) is 0 Å². The number of hydrogen-bond donors (Lipinski definition) is 3. The maximum Gasteiger partial charge on any atom is 0.223 e. The first-order valence-electron chi connectivity index (χ1n) is 10.2. The Morgan fingerprint density at radius 3 is 2.72 bits per heavy atom. The SMILES string of the molecule is NC[C@H]1CC[C@H](C(=O)NC(Cc2ccccc2)c2nc(-c3nccs3)c[nH]2)CC1.